The van der Waals surface area contributed by atoms with Gasteiger partial charge < -0.3 is 9.84 Å². The Hall–Kier alpha value is -1.32. The second-order valence-electron chi connectivity index (χ2n) is 2.19. The van der Waals surface area contributed by atoms with E-state index in [2.05, 4.69) is 4.74 Å². The maximum Gasteiger partial charge on any atom is 0.518 e. The summed E-state index contributed by atoms with van der Waals surface area (Å²) in [5.41, 5.74) is -5.64. The molecule has 0 aliphatic rings. The molecule has 0 atom stereocenters. The molecule has 0 rings (SSSR count). The van der Waals surface area contributed by atoms with Crippen molar-refractivity contribution < 1.29 is 36.2 Å². The Morgan fingerprint density at radius 3 is 2.27 bits per heavy atom. The fourth-order valence-electron chi connectivity index (χ4n) is 0.376. The van der Waals surface area contributed by atoms with Gasteiger partial charge in [-0.05, 0) is 0 Å². The first-order chi connectivity index (χ1) is 6.56. The summed E-state index contributed by atoms with van der Waals surface area (Å²) in [4.78, 5) is 10.1. The molecule has 0 aromatic carbocycles. The van der Waals surface area contributed by atoms with E-state index in [1.807, 2.05) is 4.40 Å². The summed E-state index contributed by atoms with van der Waals surface area (Å²) >= 11 is 0. The first-order valence-corrected chi connectivity index (χ1v) is 4.71. The van der Waals surface area contributed by atoms with Crippen molar-refractivity contribution in [2.24, 2.45) is 4.40 Å². The third-order valence-corrected chi connectivity index (χ3v) is 1.94. The highest BCUT2D eigenvalue weighted by Crippen LogP contribution is 2.24. The number of esters is 1. The van der Waals surface area contributed by atoms with E-state index in [-0.39, 0.29) is 0 Å². The van der Waals surface area contributed by atoms with Crippen molar-refractivity contribution in [2.75, 3.05) is 6.61 Å². The lowest BCUT2D eigenvalue weighted by molar-refractivity contribution is -0.222. The quantitative estimate of drug-likeness (QED) is 0.368. The highest BCUT2D eigenvalue weighted by Gasteiger charge is 2.45. The summed E-state index contributed by atoms with van der Waals surface area (Å²) in [7, 11) is -5.86. The molecule has 0 saturated heterocycles. The third kappa shape index (κ3) is 4.63. The van der Waals surface area contributed by atoms with Gasteiger partial charge in [0.15, 0.2) is 0 Å². The van der Waals surface area contributed by atoms with E-state index in [9.17, 15) is 31.5 Å². The summed E-state index contributed by atoms with van der Waals surface area (Å²) in [6.45, 7) is -0.254. The van der Waals surface area contributed by atoms with Crippen molar-refractivity contribution >= 4 is 21.9 Å². The topological polar surface area (TPSA) is 95.9 Å². The van der Waals surface area contributed by atoms with E-state index in [0.29, 0.717) is 0 Å². The maximum atomic E-state index is 11.7. The predicted molar refractivity (Wildman–Crippen MR) is 39.0 cm³/mol. The van der Waals surface area contributed by atoms with Gasteiger partial charge in [0.1, 0.15) is 6.61 Å². The SMILES string of the molecule is CC(=O)OC/C([O-])=N/S(=O)(=O)C(F)(F)F. The molecule has 0 bridgehead atoms. The minimum absolute atomic E-state index is 0.894. The molecule has 6 nitrogen and oxygen atoms in total. The van der Waals surface area contributed by atoms with Crippen molar-refractivity contribution in [1.82, 2.24) is 0 Å². The highest BCUT2D eigenvalue weighted by molar-refractivity contribution is 7.91. The Kier molecular flexibility index (Phi) is 4.07. The minimum Gasteiger partial charge on any atom is -0.859 e. The van der Waals surface area contributed by atoms with Gasteiger partial charge in [0.05, 0.1) is 0 Å². The van der Waals surface area contributed by atoms with Gasteiger partial charge in [0, 0.05) is 12.8 Å². The lowest BCUT2D eigenvalue weighted by atomic mass is 10.7. The molecule has 0 aromatic rings. The van der Waals surface area contributed by atoms with Gasteiger partial charge in [-0.25, -0.2) is 0 Å². The Morgan fingerprint density at radius 2 is 1.93 bits per heavy atom. The molecule has 0 aliphatic carbocycles. The van der Waals surface area contributed by atoms with Crippen LogP contribution in [0.25, 0.3) is 0 Å². The van der Waals surface area contributed by atoms with E-state index in [1.165, 1.54) is 0 Å². The average molecular weight is 248 g/mol. The van der Waals surface area contributed by atoms with Crippen molar-refractivity contribution in [3.05, 3.63) is 0 Å². The number of carbonyl (C=O) groups excluding carboxylic acids is 1. The average Bonchev–Trinajstić information content (AvgIpc) is 1.97. The molecule has 0 spiro atoms. The van der Waals surface area contributed by atoms with Crippen molar-refractivity contribution in [3.8, 4) is 0 Å². The van der Waals surface area contributed by atoms with E-state index in [0.717, 1.165) is 6.92 Å². The fourth-order valence-corrected chi connectivity index (χ4v) is 0.800. The van der Waals surface area contributed by atoms with Gasteiger partial charge in [-0.3, -0.25) is 4.79 Å². The Balaban J connectivity index is 4.69. The van der Waals surface area contributed by atoms with E-state index < -0.39 is 34.0 Å². The molecule has 0 N–H and O–H groups in total. The molecular weight excluding hydrogens is 243 g/mol. The molecule has 10 heteroatoms. The molecule has 0 unspecified atom stereocenters. The Morgan fingerprint density at radius 1 is 1.47 bits per heavy atom. The van der Waals surface area contributed by atoms with Gasteiger partial charge in [0.2, 0.25) is 0 Å². The largest absolute Gasteiger partial charge is 0.859 e. The maximum absolute atomic E-state index is 11.7. The number of sulfonamides is 1. The number of rotatable bonds is 3. The smallest absolute Gasteiger partial charge is 0.518 e. The number of alkyl halides is 3. The Bertz CT molecular complexity index is 371. The van der Waals surface area contributed by atoms with Crippen LogP contribution in [0.1, 0.15) is 6.92 Å². The summed E-state index contributed by atoms with van der Waals surface area (Å²) < 4.78 is 61.3. The molecule has 0 saturated carbocycles. The van der Waals surface area contributed by atoms with Gasteiger partial charge in [0.25, 0.3) is 0 Å². The monoisotopic (exact) mass is 248 g/mol. The third-order valence-electron chi connectivity index (χ3n) is 0.913. The van der Waals surface area contributed by atoms with E-state index >= 15 is 0 Å². The van der Waals surface area contributed by atoms with Crippen LogP contribution in [0.3, 0.4) is 0 Å². The summed E-state index contributed by atoms with van der Waals surface area (Å²) in [5, 5.41) is 10.5. The molecule has 0 amide bonds. The van der Waals surface area contributed by atoms with Crippen LogP contribution in [0.2, 0.25) is 0 Å². The summed E-state index contributed by atoms with van der Waals surface area (Å²) in [5.74, 6) is -2.65. The molecule has 0 aromatic heterocycles. The van der Waals surface area contributed by atoms with Gasteiger partial charge in [-0.2, -0.15) is 26.0 Å². The first kappa shape index (κ1) is 13.7. The summed E-state index contributed by atoms with van der Waals surface area (Å²) in [6, 6.07) is 0. The molecule has 88 valence electrons. The van der Waals surface area contributed by atoms with Crippen LogP contribution < -0.4 is 5.11 Å². The number of ether oxygens (including phenoxy) is 1. The fraction of sp³-hybridized carbons (Fsp3) is 0.600. The predicted octanol–water partition coefficient (Wildman–Crippen LogP) is -0.842. The van der Waals surface area contributed by atoms with Crippen LogP contribution in [0, 0.1) is 0 Å². The second kappa shape index (κ2) is 4.47. The number of halogens is 3. The lowest BCUT2D eigenvalue weighted by Gasteiger charge is -2.10. The minimum atomic E-state index is -5.86. The normalized spacial score (nSPS) is 13.7. The van der Waals surface area contributed by atoms with Crippen molar-refractivity contribution in [2.45, 2.75) is 12.4 Å². The van der Waals surface area contributed by atoms with Crippen molar-refractivity contribution in [1.29, 1.82) is 0 Å². The molecule has 0 heterocycles. The second-order valence-corrected chi connectivity index (χ2v) is 3.78. The number of nitrogens with zero attached hydrogens (tertiary/aromatic N) is 1. The van der Waals surface area contributed by atoms with Crippen LogP contribution in [0.4, 0.5) is 13.2 Å². The number of hydrogen-bond acceptors (Lipinski definition) is 5. The summed E-state index contributed by atoms with van der Waals surface area (Å²) in [6.07, 6.45) is 0. The molecule has 0 radical (unpaired) electrons. The van der Waals surface area contributed by atoms with Crippen LogP contribution in [0.5, 0.6) is 0 Å². The first-order valence-electron chi connectivity index (χ1n) is 3.27. The molecular formula is C5H5F3NO5S-. The zero-order valence-corrected chi connectivity index (χ0v) is 8.05. The van der Waals surface area contributed by atoms with E-state index in [4.69, 9.17) is 0 Å². The number of hydrogen-bond donors (Lipinski definition) is 0. The Labute approximate surface area is 82.4 Å². The van der Waals surface area contributed by atoms with Gasteiger partial charge in [-0.15, -0.1) is 0 Å². The van der Waals surface area contributed by atoms with Crippen LogP contribution >= 0.6 is 0 Å². The zero-order chi connectivity index (χ0) is 12.3. The van der Waals surface area contributed by atoms with Crippen molar-refractivity contribution in [3.63, 3.8) is 0 Å². The van der Waals surface area contributed by atoms with Gasteiger partial charge >= 0.3 is 21.5 Å². The lowest BCUT2D eigenvalue weighted by Crippen LogP contribution is -2.30. The molecule has 0 fully saturated rings. The zero-order valence-electron chi connectivity index (χ0n) is 7.24. The highest BCUT2D eigenvalue weighted by atomic mass is 32.2. The van der Waals surface area contributed by atoms with E-state index in [1.54, 1.807) is 0 Å². The van der Waals surface area contributed by atoms with Crippen LogP contribution in [0.15, 0.2) is 4.40 Å². The standard InChI is InChI=1S/C5H6F3NO5S/c1-3(10)14-2-4(11)9-15(12,13)5(6,7)8/h2H2,1H3,(H,9,11)/p-1. The van der Waals surface area contributed by atoms with Gasteiger partial charge in [-0.1, -0.05) is 0 Å². The number of carbonyl (C=O) groups is 1. The molecule has 15 heavy (non-hydrogen) atoms. The van der Waals surface area contributed by atoms with Crippen LogP contribution in [-0.4, -0.2) is 32.4 Å². The molecule has 0 aliphatic heterocycles. The van der Waals surface area contributed by atoms with Crippen LogP contribution in [-0.2, 0) is 19.6 Å².